The maximum Gasteiger partial charge on any atom is 0.351 e. The van der Waals surface area contributed by atoms with Crippen molar-refractivity contribution >= 4 is 23.2 Å². The highest BCUT2D eigenvalue weighted by atomic mass is 35.5. The van der Waals surface area contributed by atoms with E-state index in [0.717, 1.165) is 18.4 Å². The summed E-state index contributed by atoms with van der Waals surface area (Å²) in [5, 5.41) is 1.10. The summed E-state index contributed by atoms with van der Waals surface area (Å²) in [7, 11) is 0. The molecule has 0 unspecified atom stereocenters. The van der Waals surface area contributed by atoms with Crippen LogP contribution in [0, 0.1) is 0 Å². The lowest BCUT2D eigenvalue weighted by Gasteiger charge is -2.08. The van der Waals surface area contributed by atoms with Crippen LogP contribution in [0.4, 0.5) is 0 Å². The molecule has 1 saturated carbocycles. The van der Waals surface area contributed by atoms with E-state index in [1.165, 1.54) is 4.57 Å². The van der Waals surface area contributed by atoms with Crippen LogP contribution in [0.15, 0.2) is 35.3 Å². The normalized spacial score (nSPS) is 14.3. The number of aromatic nitrogens is 2. The zero-order valence-electron chi connectivity index (χ0n) is 10.6. The third-order valence-electron chi connectivity index (χ3n) is 3.02. The van der Waals surface area contributed by atoms with E-state index in [4.69, 9.17) is 27.9 Å². The molecule has 104 valence electrons. The maximum absolute atomic E-state index is 11.9. The molecule has 3 rings (SSSR count). The summed E-state index contributed by atoms with van der Waals surface area (Å²) < 4.78 is 6.96. The van der Waals surface area contributed by atoms with E-state index >= 15 is 0 Å². The number of ether oxygens (including phenoxy) is 1. The zero-order valence-corrected chi connectivity index (χ0v) is 12.1. The average molecular weight is 311 g/mol. The van der Waals surface area contributed by atoms with Crippen LogP contribution in [0.3, 0.4) is 0 Å². The average Bonchev–Trinajstić information content (AvgIpc) is 3.19. The van der Waals surface area contributed by atoms with Gasteiger partial charge in [-0.3, -0.25) is 4.57 Å². The molecule has 20 heavy (non-hydrogen) atoms. The van der Waals surface area contributed by atoms with Crippen LogP contribution in [-0.4, -0.2) is 15.7 Å². The van der Waals surface area contributed by atoms with Gasteiger partial charge >= 0.3 is 5.69 Å². The largest absolute Gasteiger partial charge is 0.474 e. The Kier molecular flexibility index (Phi) is 3.68. The molecule has 1 heterocycles. The minimum Gasteiger partial charge on any atom is -0.474 e. The van der Waals surface area contributed by atoms with Gasteiger partial charge in [0.15, 0.2) is 0 Å². The Morgan fingerprint density at radius 2 is 2.10 bits per heavy atom. The van der Waals surface area contributed by atoms with Crippen LogP contribution in [0.1, 0.15) is 18.4 Å². The lowest BCUT2D eigenvalue weighted by atomic mass is 10.2. The number of hydrogen-bond acceptors (Lipinski definition) is 3. The summed E-state index contributed by atoms with van der Waals surface area (Å²) in [6.07, 6.45) is 3.96. The molecule has 0 bridgehead atoms. The molecule has 0 spiro atoms. The molecule has 1 aliphatic carbocycles. The topological polar surface area (TPSA) is 44.1 Å². The van der Waals surface area contributed by atoms with Gasteiger partial charge in [-0.25, -0.2) is 4.79 Å². The van der Waals surface area contributed by atoms with Crippen LogP contribution in [0.2, 0.25) is 10.0 Å². The third-order valence-corrected chi connectivity index (χ3v) is 3.60. The van der Waals surface area contributed by atoms with Crippen molar-refractivity contribution in [1.29, 1.82) is 0 Å². The number of nitrogens with zero attached hydrogens (tertiary/aromatic N) is 2. The van der Waals surface area contributed by atoms with Crippen LogP contribution < -0.4 is 10.4 Å². The predicted octanol–water partition coefficient (Wildman–Crippen LogP) is 3.14. The number of halogens is 2. The van der Waals surface area contributed by atoms with E-state index in [2.05, 4.69) is 4.98 Å². The molecular weight excluding hydrogens is 299 g/mol. The molecule has 0 N–H and O–H groups in total. The van der Waals surface area contributed by atoms with Gasteiger partial charge in [-0.15, -0.1) is 0 Å². The maximum atomic E-state index is 11.9. The first-order valence-electron chi connectivity index (χ1n) is 6.30. The van der Waals surface area contributed by atoms with Gasteiger partial charge in [-0.2, -0.15) is 4.98 Å². The molecule has 0 radical (unpaired) electrons. The van der Waals surface area contributed by atoms with Crippen molar-refractivity contribution < 1.29 is 4.74 Å². The quantitative estimate of drug-likeness (QED) is 0.871. The van der Waals surface area contributed by atoms with Crippen molar-refractivity contribution in [1.82, 2.24) is 9.55 Å². The van der Waals surface area contributed by atoms with Crippen LogP contribution >= 0.6 is 23.2 Å². The minimum absolute atomic E-state index is 0.225. The standard InChI is InChI=1S/C14H12Cl2N2O2/c15-10-2-1-9(12(16)7-10)8-18-6-5-13(17-14(18)19)20-11-3-4-11/h1-2,5-7,11H,3-4,8H2. The zero-order chi connectivity index (χ0) is 14.1. The fourth-order valence-corrected chi connectivity index (χ4v) is 2.26. The summed E-state index contributed by atoms with van der Waals surface area (Å²) in [4.78, 5) is 15.8. The molecule has 0 aliphatic heterocycles. The summed E-state index contributed by atoms with van der Waals surface area (Å²) in [6.45, 7) is 0.353. The molecule has 1 aromatic heterocycles. The SMILES string of the molecule is O=c1nc(OC2CC2)ccn1Cc1ccc(Cl)cc1Cl. The van der Waals surface area contributed by atoms with Crippen LogP contribution in [-0.2, 0) is 6.54 Å². The Balaban J connectivity index is 1.81. The highest BCUT2D eigenvalue weighted by Gasteiger charge is 2.24. The van der Waals surface area contributed by atoms with Gasteiger partial charge < -0.3 is 4.74 Å². The van der Waals surface area contributed by atoms with Gasteiger partial charge in [-0.05, 0) is 30.5 Å². The van der Waals surface area contributed by atoms with Crippen molar-refractivity contribution in [2.24, 2.45) is 0 Å². The highest BCUT2D eigenvalue weighted by Crippen LogP contribution is 2.25. The minimum atomic E-state index is -0.353. The van der Waals surface area contributed by atoms with E-state index in [-0.39, 0.29) is 11.8 Å². The molecule has 6 heteroatoms. The van der Waals surface area contributed by atoms with E-state index in [1.54, 1.807) is 30.5 Å². The fraction of sp³-hybridized carbons (Fsp3) is 0.286. The van der Waals surface area contributed by atoms with Gasteiger partial charge in [0.2, 0.25) is 5.88 Å². The molecule has 1 aromatic carbocycles. The first kappa shape index (κ1) is 13.5. The Morgan fingerprint density at radius 3 is 2.75 bits per heavy atom. The summed E-state index contributed by atoms with van der Waals surface area (Å²) in [5.74, 6) is 0.385. The molecule has 2 aromatic rings. The Morgan fingerprint density at radius 1 is 1.30 bits per heavy atom. The smallest absolute Gasteiger partial charge is 0.351 e. The van der Waals surface area contributed by atoms with Crippen molar-refractivity contribution in [3.63, 3.8) is 0 Å². The first-order valence-corrected chi connectivity index (χ1v) is 7.05. The molecule has 0 saturated heterocycles. The fourth-order valence-electron chi connectivity index (χ4n) is 1.79. The molecule has 0 amide bonds. The lowest BCUT2D eigenvalue weighted by Crippen LogP contribution is -2.23. The van der Waals surface area contributed by atoms with E-state index in [0.29, 0.717) is 22.5 Å². The second-order valence-corrected chi connectivity index (χ2v) is 5.57. The molecule has 1 aliphatic rings. The van der Waals surface area contributed by atoms with Crippen molar-refractivity contribution in [2.75, 3.05) is 0 Å². The van der Waals surface area contributed by atoms with E-state index in [9.17, 15) is 4.79 Å². The number of hydrogen-bond donors (Lipinski definition) is 0. The highest BCUT2D eigenvalue weighted by molar-refractivity contribution is 6.35. The van der Waals surface area contributed by atoms with E-state index < -0.39 is 0 Å². The van der Waals surface area contributed by atoms with Gasteiger partial charge in [0, 0.05) is 22.3 Å². The lowest BCUT2D eigenvalue weighted by molar-refractivity contribution is 0.288. The summed E-state index contributed by atoms with van der Waals surface area (Å²) >= 11 is 11.9. The summed E-state index contributed by atoms with van der Waals surface area (Å²) in [6, 6.07) is 6.89. The van der Waals surface area contributed by atoms with Crippen molar-refractivity contribution in [3.8, 4) is 5.88 Å². The Hall–Kier alpha value is -1.52. The Labute approximate surface area is 125 Å². The summed E-state index contributed by atoms with van der Waals surface area (Å²) in [5.41, 5.74) is 0.463. The van der Waals surface area contributed by atoms with Gasteiger partial charge in [0.1, 0.15) is 6.10 Å². The molecule has 1 fully saturated rings. The number of rotatable bonds is 4. The van der Waals surface area contributed by atoms with Gasteiger partial charge in [0.05, 0.1) is 6.54 Å². The third kappa shape index (κ3) is 3.14. The van der Waals surface area contributed by atoms with Crippen LogP contribution in [0.5, 0.6) is 5.88 Å². The monoisotopic (exact) mass is 310 g/mol. The first-order chi connectivity index (χ1) is 9.61. The molecular formula is C14H12Cl2N2O2. The molecule has 0 atom stereocenters. The number of benzene rings is 1. The second kappa shape index (κ2) is 5.46. The van der Waals surface area contributed by atoms with Crippen molar-refractivity contribution in [3.05, 3.63) is 56.6 Å². The van der Waals surface area contributed by atoms with Gasteiger partial charge in [0.25, 0.3) is 0 Å². The Bertz CT molecular complexity index is 696. The van der Waals surface area contributed by atoms with Crippen LogP contribution in [0.25, 0.3) is 0 Å². The van der Waals surface area contributed by atoms with Gasteiger partial charge in [-0.1, -0.05) is 29.3 Å². The second-order valence-electron chi connectivity index (χ2n) is 4.73. The van der Waals surface area contributed by atoms with Crippen molar-refractivity contribution in [2.45, 2.75) is 25.5 Å². The van der Waals surface area contributed by atoms with E-state index in [1.807, 2.05) is 0 Å². The predicted molar refractivity (Wildman–Crippen MR) is 77.7 cm³/mol. The molecule has 4 nitrogen and oxygen atoms in total.